The fourth-order valence-corrected chi connectivity index (χ4v) is 2.38. The number of aryl methyl sites for hydroxylation is 2. The number of ether oxygens (including phenoxy) is 2. The maximum Gasteiger partial charge on any atom is 0.231 e. The van der Waals surface area contributed by atoms with E-state index in [-0.39, 0.29) is 12.8 Å². The molecule has 0 saturated carbocycles. The molecule has 0 amide bonds. The van der Waals surface area contributed by atoms with Gasteiger partial charge in [0.2, 0.25) is 6.79 Å². The first kappa shape index (κ1) is 12.1. The van der Waals surface area contributed by atoms with Crippen LogP contribution in [0.5, 0.6) is 11.5 Å². The van der Waals surface area contributed by atoms with E-state index in [1.807, 2.05) is 18.2 Å². The van der Waals surface area contributed by atoms with Gasteiger partial charge >= 0.3 is 0 Å². The first-order valence-corrected chi connectivity index (χ1v) is 6.37. The lowest BCUT2D eigenvalue weighted by molar-refractivity contribution is 0.174. The van der Waals surface area contributed by atoms with Gasteiger partial charge < -0.3 is 15.2 Å². The summed E-state index contributed by atoms with van der Waals surface area (Å²) in [6.45, 7) is 4.45. The average Bonchev–Trinajstić information content (AvgIpc) is 2.88. The lowest BCUT2D eigenvalue weighted by Crippen LogP contribution is -2.13. The molecule has 1 atom stereocenters. The van der Waals surface area contributed by atoms with Crippen molar-refractivity contribution < 1.29 is 9.47 Å². The van der Waals surface area contributed by atoms with Gasteiger partial charge in [0.05, 0.1) is 6.04 Å². The van der Waals surface area contributed by atoms with Crippen molar-refractivity contribution in [3.63, 3.8) is 0 Å². The fourth-order valence-electron chi connectivity index (χ4n) is 2.38. The summed E-state index contributed by atoms with van der Waals surface area (Å²) in [4.78, 5) is 0. The Labute approximate surface area is 113 Å². The molecule has 3 nitrogen and oxygen atoms in total. The van der Waals surface area contributed by atoms with Crippen LogP contribution in [0.3, 0.4) is 0 Å². The molecule has 1 aliphatic heterocycles. The molecule has 98 valence electrons. The highest BCUT2D eigenvalue weighted by molar-refractivity contribution is 5.48. The third-order valence-corrected chi connectivity index (χ3v) is 3.53. The lowest BCUT2D eigenvalue weighted by Gasteiger charge is -2.16. The summed E-state index contributed by atoms with van der Waals surface area (Å²) in [7, 11) is 0. The van der Waals surface area contributed by atoms with Crippen LogP contribution in [-0.2, 0) is 0 Å². The smallest absolute Gasteiger partial charge is 0.231 e. The second-order valence-corrected chi connectivity index (χ2v) is 4.95. The zero-order valence-electron chi connectivity index (χ0n) is 11.1. The molecule has 0 aromatic heterocycles. The van der Waals surface area contributed by atoms with Crippen LogP contribution in [0.25, 0.3) is 0 Å². The lowest BCUT2D eigenvalue weighted by atomic mass is 9.94. The van der Waals surface area contributed by atoms with Crippen molar-refractivity contribution in [1.29, 1.82) is 0 Å². The van der Waals surface area contributed by atoms with Gasteiger partial charge in [-0.2, -0.15) is 0 Å². The van der Waals surface area contributed by atoms with E-state index in [4.69, 9.17) is 15.2 Å². The van der Waals surface area contributed by atoms with Crippen LogP contribution in [0, 0.1) is 13.8 Å². The number of hydrogen-bond donors (Lipinski definition) is 1. The second-order valence-electron chi connectivity index (χ2n) is 4.95. The third kappa shape index (κ3) is 2.17. The molecule has 3 heteroatoms. The Morgan fingerprint density at radius 2 is 1.79 bits per heavy atom. The van der Waals surface area contributed by atoms with Crippen molar-refractivity contribution >= 4 is 0 Å². The summed E-state index contributed by atoms with van der Waals surface area (Å²) in [6.07, 6.45) is 0. The number of nitrogens with two attached hydrogens (primary N) is 1. The first-order valence-electron chi connectivity index (χ1n) is 6.37. The minimum atomic E-state index is -0.144. The standard InChI is InChI=1S/C16H17NO2/c1-10-3-4-11(2)13(7-10)16(17)12-5-6-14-15(8-12)19-9-18-14/h3-8,16H,9,17H2,1-2H3. The molecule has 0 aliphatic carbocycles. The summed E-state index contributed by atoms with van der Waals surface area (Å²) < 4.78 is 10.7. The molecule has 2 aromatic rings. The maximum atomic E-state index is 6.38. The Morgan fingerprint density at radius 1 is 1.00 bits per heavy atom. The average molecular weight is 255 g/mol. The highest BCUT2D eigenvalue weighted by Crippen LogP contribution is 2.35. The molecule has 3 rings (SSSR count). The van der Waals surface area contributed by atoms with Gasteiger partial charge in [-0.05, 0) is 42.7 Å². The van der Waals surface area contributed by atoms with E-state index in [9.17, 15) is 0 Å². The third-order valence-electron chi connectivity index (χ3n) is 3.53. The van der Waals surface area contributed by atoms with Crippen molar-refractivity contribution in [3.8, 4) is 11.5 Å². The van der Waals surface area contributed by atoms with Crippen molar-refractivity contribution in [2.45, 2.75) is 19.9 Å². The van der Waals surface area contributed by atoms with Crippen molar-refractivity contribution in [1.82, 2.24) is 0 Å². The topological polar surface area (TPSA) is 44.5 Å². The van der Waals surface area contributed by atoms with E-state index < -0.39 is 0 Å². The van der Waals surface area contributed by atoms with E-state index in [0.717, 1.165) is 22.6 Å². The minimum Gasteiger partial charge on any atom is -0.454 e. The van der Waals surface area contributed by atoms with E-state index >= 15 is 0 Å². The highest BCUT2D eigenvalue weighted by Gasteiger charge is 2.17. The molecule has 1 heterocycles. The number of rotatable bonds is 2. The molecule has 0 bridgehead atoms. The zero-order chi connectivity index (χ0) is 13.4. The van der Waals surface area contributed by atoms with E-state index in [0.29, 0.717) is 0 Å². The Balaban J connectivity index is 1.99. The predicted octanol–water partition coefficient (Wildman–Crippen LogP) is 3.08. The Hall–Kier alpha value is -2.00. The van der Waals surface area contributed by atoms with Crippen molar-refractivity contribution in [2.24, 2.45) is 5.73 Å². The van der Waals surface area contributed by atoms with Gasteiger partial charge in [0.25, 0.3) is 0 Å². The van der Waals surface area contributed by atoms with Crippen LogP contribution >= 0.6 is 0 Å². The Bertz CT molecular complexity index is 622. The SMILES string of the molecule is Cc1ccc(C)c(C(N)c2ccc3c(c2)OCO3)c1. The summed E-state index contributed by atoms with van der Waals surface area (Å²) in [5, 5.41) is 0. The zero-order valence-corrected chi connectivity index (χ0v) is 11.1. The van der Waals surface area contributed by atoms with Gasteiger partial charge in [0.1, 0.15) is 0 Å². The van der Waals surface area contributed by atoms with Crippen LogP contribution in [0.1, 0.15) is 28.3 Å². The predicted molar refractivity (Wildman–Crippen MR) is 74.5 cm³/mol. The molecule has 1 aliphatic rings. The molecule has 2 aromatic carbocycles. The van der Waals surface area contributed by atoms with Gasteiger partial charge in [-0.15, -0.1) is 0 Å². The summed E-state index contributed by atoms with van der Waals surface area (Å²) in [5.74, 6) is 1.56. The van der Waals surface area contributed by atoms with Gasteiger partial charge in [-0.1, -0.05) is 29.8 Å². The fraction of sp³-hybridized carbons (Fsp3) is 0.250. The van der Waals surface area contributed by atoms with E-state index in [1.54, 1.807) is 0 Å². The largest absolute Gasteiger partial charge is 0.454 e. The van der Waals surface area contributed by atoms with Crippen LogP contribution < -0.4 is 15.2 Å². The molecule has 1 unspecified atom stereocenters. The quantitative estimate of drug-likeness (QED) is 0.897. The molecular formula is C16H17NO2. The van der Waals surface area contributed by atoms with Crippen LogP contribution in [-0.4, -0.2) is 6.79 Å². The van der Waals surface area contributed by atoms with E-state index in [2.05, 4.69) is 32.0 Å². The van der Waals surface area contributed by atoms with E-state index in [1.165, 1.54) is 11.1 Å². The normalized spacial score (nSPS) is 14.5. The maximum absolute atomic E-state index is 6.38. The minimum absolute atomic E-state index is 0.144. The highest BCUT2D eigenvalue weighted by atomic mass is 16.7. The monoisotopic (exact) mass is 255 g/mol. The first-order chi connectivity index (χ1) is 9.15. The molecule has 19 heavy (non-hydrogen) atoms. The Kier molecular flexibility index (Phi) is 2.91. The molecule has 0 saturated heterocycles. The Morgan fingerprint density at radius 3 is 2.63 bits per heavy atom. The van der Waals surface area contributed by atoms with Crippen LogP contribution in [0.15, 0.2) is 36.4 Å². The molecule has 0 radical (unpaired) electrons. The number of fused-ring (bicyclic) bond motifs is 1. The number of hydrogen-bond acceptors (Lipinski definition) is 3. The summed E-state index contributed by atoms with van der Waals surface area (Å²) in [5.41, 5.74) is 11.0. The van der Waals surface area contributed by atoms with Crippen molar-refractivity contribution in [3.05, 3.63) is 58.7 Å². The molecule has 0 spiro atoms. The van der Waals surface area contributed by atoms with Gasteiger partial charge in [-0.25, -0.2) is 0 Å². The summed E-state index contributed by atoms with van der Waals surface area (Å²) in [6, 6.07) is 12.1. The number of benzene rings is 2. The summed E-state index contributed by atoms with van der Waals surface area (Å²) >= 11 is 0. The van der Waals surface area contributed by atoms with Gasteiger partial charge in [0.15, 0.2) is 11.5 Å². The van der Waals surface area contributed by atoms with Crippen LogP contribution in [0.2, 0.25) is 0 Å². The van der Waals surface area contributed by atoms with Crippen LogP contribution in [0.4, 0.5) is 0 Å². The molecular weight excluding hydrogens is 238 g/mol. The van der Waals surface area contributed by atoms with Gasteiger partial charge in [-0.3, -0.25) is 0 Å². The van der Waals surface area contributed by atoms with Crippen molar-refractivity contribution in [2.75, 3.05) is 6.79 Å². The van der Waals surface area contributed by atoms with Gasteiger partial charge in [0, 0.05) is 0 Å². The molecule has 2 N–H and O–H groups in total. The second kappa shape index (κ2) is 4.59. The molecule has 0 fully saturated rings.